The minimum atomic E-state index is -3.57. The standard InChI is InChI=1S/C15H26N4O4S.ClH/c1-18(2)14-7-6-12(24(21,22)19(3)4)10-13(14)17-15(20)11-16-8-9-23-5;/h6-7,10,16H,8-9,11H2,1-5H3,(H,17,20);1H. The van der Waals surface area contributed by atoms with E-state index in [1.165, 1.54) is 26.2 Å². The first-order valence-corrected chi connectivity index (χ1v) is 8.87. The van der Waals surface area contributed by atoms with Crippen LogP contribution >= 0.6 is 12.4 Å². The zero-order valence-electron chi connectivity index (χ0n) is 15.2. The number of amides is 1. The second kappa shape index (κ2) is 10.6. The molecule has 25 heavy (non-hydrogen) atoms. The van der Waals surface area contributed by atoms with Crippen LogP contribution in [-0.4, -0.2) is 73.6 Å². The first kappa shape index (κ1) is 23.6. The van der Waals surface area contributed by atoms with Gasteiger partial charge in [-0.2, -0.15) is 0 Å². The Morgan fingerprint density at radius 3 is 2.36 bits per heavy atom. The van der Waals surface area contributed by atoms with Crippen molar-refractivity contribution in [2.75, 3.05) is 65.2 Å². The van der Waals surface area contributed by atoms with Crippen LogP contribution in [0.3, 0.4) is 0 Å². The van der Waals surface area contributed by atoms with Gasteiger partial charge >= 0.3 is 0 Å². The zero-order chi connectivity index (χ0) is 18.3. The second-order valence-electron chi connectivity index (χ2n) is 5.58. The van der Waals surface area contributed by atoms with E-state index < -0.39 is 10.0 Å². The summed E-state index contributed by atoms with van der Waals surface area (Å²) < 4.78 is 30.6. The Kier molecular flexibility index (Phi) is 9.98. The third-order valence-electron chi connectivity index (χ3n) is 3.27. The molecule has 0 fully saturated rings. The number of benzene rings is 1. The quantitative estimate of drug-likeness (QED) is 0.596. The first-order valence-electron chi connectivity index (χ1n) is 7.43. The molecule has 1 rings (SSSR count). The van der Waals surface area contributed by atoms with Crippen LogP contribution in [0.15, 0.2) is 23.1 Å². The van der Waals surface area contributed by atoms with E-state index >= 15 is 0 Å². The predicted molar refractivity (Wildman–Crippen MR) is 102 cm³/mol. The van der Waals surface area contributed by atoms with Gasteiger partial charge in [-0.1, -0.05) is 0 Å². The molecular weight excluding hydrogens is 368 g/mol. The molecule has 0 heterocycles. The Morgan fingerprint density at radius 2 is 1.84 bits per heavy atom. The number of hydrogen-bond donors (Lipinski definition) is 2. The van der Waals surface area contributed by atoms with Crippen molar-refractivity contribution in [3.8, 4) is 0 Å². The average Bonchev–Trinajstić information content (AvgIpc) is 2.51. The molecule has 2 N–H and O–H groups in total. The normalized spacial score (nSPS) is 11.1. The van der Waals surface area contributed by atoms with E-state index in [4.69, 9.17) is 4.74 Å². The third-order valence-corrected chi connectivity index (χ3v) is 5.08. The van der Waals surface area contributed by atoms with Crippen molar-refractivity contribution in [2.45, 2.75) is 4.90 Å². The van der Waals surface area contributed by atoms with Crippen LogP contribution in [0.4, 0.5) is 11.4 Å². The molecule has 0 aliphatic rings. The van der Waals surface area contributed by atoms with Crippen LogP contribution in [0.1, 0.15) is 0 Å². The fourth-order valence-corrected chi connectivity index (χ4v) is 2.88. The Hall–Kier alpha value is -1.39. The summed E-state index contributed by atoms with van der Waals surface area (Å²) in [5.74, 6) is -0.256. The molecule has 0 aliphatic carbocycles. The van der Waals surface area contributed by atoms with Crippen molar-refractivity contribution in [1.82, 2.24) is 9.62 Å². The molecule has 0 saturated heterocycles. The van der Waals surface area contributed by atoms with E-state index in [1.807, 2.05) is 14.1 Å². The smallest absolute Gasteiger partial charge is 0.242 e. The fourth-order valence-electron chi connectivity index (χ4n) is 1.95. The number of halogens is 1. The number of nitrogens with one attached hydrogen (secondary N) is 2. The molecule has 0 atom stereocenters. The summed E-state index contributed by atoms with van der Waals surface area (Å²) in [6.45, 7) is 1.17. The van der Waals surface area contributed by atoms with Gasteiger partial charge in [-0.05, 0) is 18.2 Å². The Bertz CT molecular complexity index is 665. The average molecular weight is 395 g/mol. The van der Waals surface area contributed by atoms with Crippen molar-refractivity contribution in [3.63, 3.8) is 0 Å². The Morgan fingerprint density at radius 1 is 1.20 bits per heavy atom. The van der Waals surface area contributed by atoms with Crippen molar-refractivity contribution >= 4 is 39.7 Å². The maximum atomic E-state index is 12.3. The van der Waals surface area contributed by atoms with Crippen molar-refractivity contribution in [1.29, 1.82) is 0 Å². The minimum absolute atomic E-state index is 0. The molecule has 0 unspecified atom stereocenters. The van der Waals surface area contributed by atoms with Gasteiger partial charge in [-0.15, -0.1) is 12.4 Å². The van der Waals surface area contributed by atoms with Crippen LogP contribution in [-0.2, 0) is 19.6 Å². The summed E-state index contributed by atoms with van der Waals surface area (Å²) in [7, 11) is 4.59. The van der Waals surface area contributed by atoms with Crippen molar-refractivity contribution in [2.24, 2.45) is 0 Å². The number of carbonyl (C=O) groups excluding carboxylic acids is 1. The SMILES string of the molecule is COCCNCC(=O)Nc1cc(S(=O)(=O)N(C)C)ccc1N(C)C.Cl. The molecule has 0 bridgehead atoms. The van der Waals surface area contributed by atoms with Gasteiger partial charge in [0.25, 0.3) is 0 Å². The highest BCUT2D eigenvalue weighted by Gasteiger charge is 2.20. The fraction of sp³-hybridized carbons (Fsp3) is 0.533. The molecular formula is C15H27ClN4O4S. The Balaban J connectivity index is 0.00000576. The third kappa shape index (κ3) is 6.79. The second-order valence-corrected chi connectivity index (χ2v) is 7.73. The number of nitrogens with zero attached hydrogens (tertiary/aromatic N) is 2. The summed E-state index contributed by atoms with van der Waals surface area (Å²) in [5, 5.41) is 5.69. The van der Waals surface area contributed by atoms with Gasteiger partial charge in [0, 0.05) is 41.8 Å². The molecule has 144 valence electrons. The highest BCUT2D eigenvalue weighted by Crippen LogP contribution is 2.28. The molecule has 0 spiro atoms. The maximum absolute atomic E-state index is 12.3. The summed E-state index contributed by atoms with van der Waals surface area (Å²) in [6.07, 6.45) is 0. The molecule has 1 aromatic rings. The lowest BCUT2D eigenvalue weighted by atomic mass is 10.2. The van der Waals surface area contributed by atoms with Crippen LogP contribution in [0.25, 0.3) is 0 Å². The van der Waals surface area contributed by atoms with Gasteiger partial charge < -0.3 is 20.3 Å². The van der Waals surface area contributed by atoms with E-state index in [1.54, 1.807) is 18.1 Å². The van der Waals surface area contributed by atoms with Crippen LogP contribution in [0.5, 0.6) is 0 Å². The van der Waals surface area contributed by atoms with Crippen molar-refractivity contribution in [3.05, 3.63) is 18.2 Å². The molecule has 0 radical (unpaired) electrons. The molecule has 1 aromatic carbocycles. The van der Waals surface area contributed by atoms with Gasteiger partial charge in [-0.25, -0.2) is 12.7 Å². The molecule has 10 heteroatoms. The molecule has 1 amide bonds. The van der Waals surface area contributed by atoms with E-state index in [-0.39, 0.29) is 29.8 Å². The van der Waals surface area contributed by atoms with Crippen LogP contribution < -0.4 is 15.5 Å². The summed E-state index contributed by atoms with van der Waals surface area (Å²) in [5.41, 5.74) is 1.17. The summed E-state index contributed by atoms with van der Waals surface area (Å²) in [6, 6.07) is 4.67. The number of carbonyl (C=O) groups is 1. The number of sulfonamides is 1. The number of methoxy groups -OCH3 is 1. The Labute approximate surface area is 156 Å². The van der Waals surface area contributed by atoms with E-state index in [0.29, 0.717) is 18.8 Å². The zero-order valence-corrected chi connectivity index (χ0v) is 16.8. The topological polar surface area (TPSA) is 91.0 Å². The molecule has 0 aromatic heterocycles. The highest BCUT2D eigenvalue weighted by molar-refractivity contribution is 7.89. The number of hydrogen-bond acceptors (Lipinski definition) is 6. The van der Waals surface area contributed by atoms with Gasteiger partial charge in [-0.3, -0.25) is 4.79 Å². The van der Waals surface area contributed by atoms with Crippen LogP contribution in [0.2, 0.25) is 0 Å². The van der Waals surface area contributed by atoms with E-state index in [0.717, 1.165) is 9.99 Å². The van der Waals surface area contributed by atoms with Gasteiger partial charge in [0.05, 0.1) is 29.4 Å². The molecule has 0 saturated carbocycles. The number of ether oxygens (including phenoxy) is 1. The largest absolute Gasteiger partial charge is 0.383 e. The highest BCUT2D eigenvalue weighted by atomic mass is 35.5. The van der Waals surface area contributed by atoms with E-state index in [9.17, 15) is 13.2 Å². The lowest BCUT2D eigenvalue weighted by molar-refractivity contribution is -0.115. The van der Waals surface area contributed by atoms with Crippen molar-refractivity contribution < 1.29 is 17.9 Å². The van der Waals surface area contributed by atoms with Crippen LogP contribution in [0, 0.1) is 0 Å². The van der Waals surface area contributed by atoms with Gasteiger partial charge in [0.15, 0.2) is 0 Å². The molecule has 0 aliphatic heterocycles. The minimum Gasteiger partial charge on any atom is -0.383 e. The lowest BCUT2D eigenvalue weighted by Crippen LogP contribution is -2.31. The lowest BCUT2D eigenvalue weighted by Gasteiger charge is -2.20. The summed E-state index contributed by atoms with van der Waals surface area (Å²) >= 11 is 0. The summed E-state index contributed by atoms with van der Waals surface area (Å²) in [4.78, 5) is 14.0. The first-order chi connectivity index (χ1) is 11.2. The van der Waals surface area contributed by atoms with Gasteiger partial charge in [0.1, 0.15) is 0 Å². The van der Waals surface area contributed by atoms with E-state index in [2.05, 4.69) is 10.6 Å². The predicted octanol–water partition coefficient (Wildman–Crippen LogP) is 0.599. The number of rotatable bonds is 9. The monoisotopic (exact) mass is 394 g/mol. The number of anilines is 2. The molecule has 8 nitrogen and oxygen atoms in total. The van der Waals surface area contributed by atoms with Gasteiger partial charge in [0.2, 0.25) is 15.9 Å². The maximum Gasteiger partial charge on any atom is 0.242 e.